The van der Waals surface area contributed by atoms with E-state index in [-0.39, 0.29) is 35.4 Å². The van der Waals surface area contributed by atoms with Crippen LogP contribution >= 0.6 is 11.3 Å². The van der Waals surface area contributed by atoms with E-state index in [1.165, 1.54) is 23.5 Å². The van der Waals surface area contributed by atoms with E-state index in [4.69, 9.17) is 4.74 Å². The molecule has 0 aliphatic carbocycles. The fourth-order valence-corrected chi connectivity index (χ4v) is 7.95. The maximum atomic E-state index is 13.8. The van der Waals surface area contributed by atoms with Crippen LogP contribution in [0.5, 0.6) is 5.75 Å². The number of amides is 1. The number of aromatic hydroxyl groups is 1. The molecule has 2 aromatic heterocycles. The highest BCUT2D eigenvalue weighted by atomic mass is 32.1. The molecule has 0 saturated carbocycles. The van der Waals surface area contributed by atoms with Gasteiger partial charge in [0.2, 0.25) is 11.2 Å². The lowest BCUT2D eigenvalue weighted by Gasteiger charge is -2.33. The zero-order valence-corrected chi connectivity index (χ0v) is 31.7. The number of nitrogens with zero attached hydrogens (tertiary/aromatic N) is 1. The molecule has 0 spiro atoms. The van der Waals surface area contributed by atoms with Gasteiger partial charge in [-0.25, -0.2) is 4.79 Å². The second kappa shape index (κ2) is 17.0. The summed E-state index contributed by atoms with van der Waals surface area (Å²) in [6.07, 6.45) is 0.282. The van der Waals surface area contributed by atoms with E-state index in [2.05, 4.69) is 20.5 Å². The number of thiophene rings is 1. The minimum atomic E-state index is -1.99. The first-order valence-corrected chi connectivity index (χ1v) is 19.4. The van der Waals surface area contributed by atoms with Crippen molar-refractivity contribution in [3.8, 4) is 16.2 Å². The molecule has 2 atom stereocenters. The SMILES string of the molecule is CN1CCC(OC(=O)[C@](O)(c2ccccc2)c2cccc(-c3ccc(CNC(=O)c4ccc(CNC[C@H](O)c5ccc(O)c6[nH]c(=O)ccc56)cc4)s3)c2)CC1. The number of H-pyrrole nitrogens is 1. The van der Waals surface area contributed by atoms with Gasteiger partial charge in [0.25, 0.3) is 5.91 Å². The van der Waals surface area contributed by atoms with Crippen LogP contribution in [0.1, 0.15) is 56.4 Å². The van der Waals surface area contributed by atoms with Gasteiger partial charge in [0.05, 0.1) is 18.2 Å². The van der Waals surface area contributed by atoms with Crippen LogP contribution in [0.4, 0.5) is 0 Å². The number of esters is 1. The first-order chi connectivity index (χ1) is 27.1. The van der Waals surface area contributed by atoms with E-state index in [1.807, 2.05) is 55.6 Å². The summed E-state index contributed by atoms with van der Waals surface area (Å²) in [7, 11) is 2.04. The molecule has 11 nitrogen and oxygen atoms in total. The number of aromatic amines is 1. The number of likely N-dealkylation sites (tertiary alicyclic amines) is 1. The van der Waals surface area contributed by atoms with Gasteiger partial charge in [-0.3, -0.25) is 9.59 Å². The second-order valence-corrected chi connectivity index (χ2v) is 15.3. The highest BCUT2D eigenvalue weighted by Gasteiger charge is 2.43. The summed E-state index contributed by atoms with van der Waals surface area (Å²) < 4.78 is 5.94. The molecular formula is C44H44N4O7S. The first-order valence-electron chi connectivity index (χ1n) is 18.6. The third-order valence-corrected chi connectivity index (χ3v) is 11.4. The van der Waals surface area contributed by atoms with Gasteiger partial charge >= 0.3 is 5.97 Å². The lowest BCUT2D eigenvalue weighted by atomic mass is 9.85. The predicted molar refractivity (Wildman–Crippen MR) is 216 cm³/mol. The molecule has 3 heterocycles. The average Bonchev–Trinajstić information content (AvgIpc) is 3.70. The molecule has 288 valence electrons. The van der Waals surface area contributed by atoms with Gasteiger partial charge in [-0.2, -0.15) is 0 Å². The van der Waals surface area contributed by atoms with E-state index in [1.54, 1.807) is 54.6 Å². The predicted octanol–water partition coefficient (Wildman–Crippen LogP) is 5.59. The number of carbonyl (C=O) groups excluding carboxylic acids is 2. The molecule has 4 aromatic carbocycles. The van der Waals surface area contributed by atoms with Crippen molar-refractivity contribution in [3.63, 3.8) is 0 Å². The number of hydrogen-bond acceptors (Lipinski definition) is 10. The zero-order chi connectivity index (χ0) is 39.2. The van der Waals surface area contributed by atoms with E-state index in [9.17, 15) is 29.7 Å². The Morgan fingerprint density at radius 2 is 1.66 bits per heavy atom. The van der Waals surface area contributed by atoms with Crippen molar-refractivity contribution < 1.29 is 29.6 Å². The van der Waals surface area contributed by atoms with E-state index in [0.29, 0.717) is 53.6 Å². The van der Waals surface area contributed by atoms with E-state index in [0.717, 1.165) is 34.0 Å². The van der Waals surface area contributed by atoms with Crippen LogP contribution in [-0.2, 0) is 28.2 Å². The lowest BCUT2D eigenvalue weighted by Crippen LogP contribution is -2.43. The number of rotatable bonds is 13. The number of fused-ring (bicyclic) bond motifs is 1. The smallest absolute Gasteiger partial charge is 0.347 e. The molecule has 7 rings (SSSR count). The van der Waals surface area contributed by atoms with Gasteiger partial charge < -0.3 is 40.6 Å². The van der Waals surface area contributed by atoms with Crippen molar-refractivity contribution in [1.29, 1.82) is 0 Å². The third kappa shape index (κ3) is 8.60. The quantitative estimate of drug-likeness (QED) is 0.0822. The highest BCUT2D eigenvalue weighted by Crippen LogP contribution is 2.36. The summed E-state index contributed by atoms with van der Waals surface area (Å²) in [5.41, 5.74) is 1.65. The standard InChI is InChI=1S/C44H44N4O7S/c1-48-22-20-33(21-23-48)55-43(53)44(54,31-7-3-2-4-8-31)32-9-5-6-30(24-32)39-18-14-34(56-39)26-46-42(52)29-12-10-28(11-13-29)25-45-27-38(50)35-15-17-37(49)41-36(35)16-19-40(51)47-41/h2-19,24,33,38,45,49-50,54H,20-23,25-27H2,1H3,(H,46,52)(H,47,51)/t38-,44-/m0/s1. The molecule has 0 unspecified atom stereocenters. The zero-order valence-electron chi connectivity index (χ0n) is 30.9. The normalized spacial score (nSPS) is 15.3. The summed E-state index contributed by atoms with van der Waals surface area (Å²) in [4.78, 5) is 45.2. The van der Waals surface area contributed by atoms with Gasteiger partial charge in [0, 0.05) is 58.5 Å². The Hall–Kier alpha value is -5.63. The molecule has 1 aliphatic heterocycles. The number of aromatic nitrogens is 1. The molecule has 1 saturated heterocycles. The van der Waals surface area contributed by atoms with Crippen molar-refractivity contribution in [1.82, 2.24) is 20.5 Å². The van der Waals surface area contributed by atoms with Crippen molar-refractivity contribution >= 4 is 34.1 Å². The molecule has 6 N–H and O–H groups in total. The number of hydrogen-bond donors (Lipinski definition) is 6. The number of carbonyl (C=O) groups is 2. The summed E-state index contributed by atoms with van der Waals surface area (Å²) in [6.45, 7) is 2.65. The fraction of sp³-hybridized carbons (Fsp3) is 0.250. The monoisotopic (exact) mass is 772 g/mol. The second-order valence-electron chi connectivity index (χ2n) is 14.1. The Morgan fingerprint density at radius 1 is 0.911 bits per heavy atom. The maximum Gasteiger partial charge on any atom is 0.347 e. The minimum Gasteiger partial charge on any atom is -0.506 e. The molecule has 0 bridgehead atoms. The van der Waals surface area contributed by atoms with E-state index >= 15 is 0 Å². The molecular weight excluding hydrogens is 729 g/mol. The first kappa shape index (κ1) is 38.6. The van der Waals surface area contributed by atoms with Crippen LogP contribution in [0, 0.1) is 0 Å². The van der Waals surface area contributed by atoms with Gasteiger partial charge in [-0.15, -0.1) is 11.3 Å². The minimum absolute atomic E-state index is 0.0645. The summed E-state index contributed by atoms with van der Waals surface area (Å²) in [5, 5.41) is 39.9. The number of phenolic OH excluding ortho intramolecular Hbond substituents is 1. The lowest BCUT2D eigenvalue weighted by molar-refractivity contribution is -0.169. The van der Waals surface area contributed by atoms with Crippen LogP contribution in [0.15, 0.2) is 120 Å². The third-order valence-electron chi connectivity index (χ3n) is 10.2. The van der Waals surface area contributed by atoms with Gasteiger partial charge in [0.1, 0.15) is 11.9 Å². The number of aliphatic hydroxyl groups excluding tert-OH is 1. The highest BCUT2D eigenvalue weighted by molar-refractivity contribution is 7.15. The Balaban J connectivity index is 0.952. The topological polar surface area (TPSA) is 164 Å². The summed E-state index contributed by atoms with van der Waals surface area (Å²) >= 11 is 1.52. The fourth-order valence-electron chi connectivity index (χ4n) is 7.00. The molecule has 56 heavy (non-hydrogen) atoms. The molecule has 1 amide bonds. The van der Waals surface area contributed by atoms with Crippen LogP contribution < -0.4 is 16.2 Å². The van der Waals surface area contributed by atoms with Crippen LogP contribution in [0.25, 0.3) is 21.3 Å². The number of nitrogens with one attached hydrogen (secondary N) is 3. The molecule has 0 radical (unpaired) electrons. The molecule has 1 aliphatic rings. The average molecular weight is 773 g/mol. The Bertz CT molecular complexity index is 2370. The number of phenols is 1. The van der Waals surface area contributed by atoms with Crippen molar-refractivity contribution in [2.24, 2.45) is 0 Å². The summed E-state index contributed by atoms with van der Waals surface area (Å²) in [6, 6.07) is 33.4. The Labute approximate surface area is 328 Å². The number of aliphatic hydroxyl groups is 2. The van der Waals surface area contributed by atoms with Crippen molar-refractivity contribution in [3.05, 3.63) is 158 Å². The Morgan fingerprint density at radius 3 is 2.43 bits per heavy atom. The van der Waals surface area contributed by atoms with Crippen molar-refractivity contribution in [2.45, 2.75) is 43.7 Å². The molecule has 1 fully saturated rings. The van der Waals surface area contributed by atoms with Crippen LogP contribution in [0.3, 0.4) is 0 Å². The number of pyridine rings is 1. The summed E-state index contributed by atoms with van der Waals surface area (Å²) in [5.74, 6) is -0.969. The van der Waals surface area contributed by atoms with Gasteiger partial charge in [-0.1, -0.05) is 66.7 Å². The van der Waals surface area contributed by atoms with Crippen LogP contribution in [-0.4, -0.2) is 69.9 Å². The molecule has 6 aromatic rings. The molecule has 12 heteroatoms. The largest absolute Gasteiger partial charge is 0.506 e. The number of piperidine rings is 1. The van der Waals surface area contributed by atoms with Gasteiger partial charge in [-0.05, 0) is 84.6 Å². The van der Waals surface area contributed by atoms with E-state index < -0.39 is 17.7 Å². The van der Waals surface area contributed by atoms with Gasteiger partial charge in [0.15, 0.2) is 0 Å². The Kier molecular flexibility index (Phi) is 11.7. The van der Waals surface area contributed by atoms with Crippen molar-refractivity contribution in [2.75, 3.05) is 26.7 Å². The number of ether oxygens (including phenoxy) is 1. The van der Waals surface area contributed by atoms with Crippen LogP contribution in [0.2, 0.25) is 0 Å². The maximum absolute atomic E-state index is 13.8. The number of benzene rings is 4.